The molecule has 5 heteroatoms. The van der Waals surface area contributed by atoms with Gasteiger partial charge in [-0.25, -0.2) is 4.79 Å². The summed E-state index contributed by atoms with van der Waals surface area (Å²) in [6.45, 7) is 4.96. The molecule has 162 valence electrons. The van der Waals surface area contributed by atoms with E-state index in [-0.39, 0.29) is 13.2 Å². The van der Waals surface area contributed by atoms with Crippen LogP contribution in [0.3, 0.4) is 0 Å². The average Bonchev–Trinajstić information content (AvgIpc) is 2.81. The first kappa shape index (κ1) is 21.9. The Hall–Kier alpha value is -3.28. The maximum Gasteiger partial charge on any atom is 0.333 e. The van der Waals surface area contributed by atoms with E-state index in [9.17, 15) is 9.90 Å². The third-order valence-corrected chi connectivity index (χ3v) is 5.94. The maximum absolute atomic E-state index is 11.6. The molecule has 0 bridgehead atoms. The van der Waals surface area contributed by atoms with Crippen molar-refractivity contribution in [2.24, 2.45) is 0 Å². The van der Waals surface area contributed by atoms with Crippen LogP contribution in [0.5, 0.6) is 5.75 Å². The van der Waals surface area contributed by atoms with Crippen LogP contribution in [0.25, 0.3) is 21.5 Å². The standard InChI is InChI=1S/C27H24O4S/c1-18(2)27(29)31-17-21(28)16-30-26-24-11-7-6-8-19(24)14-20-12-13-23(15-25(20)26)32-22-9-4-3-5-10-22/h3-15,21,28H,1,16-17H2,2H3. The minimum Gasteiger partial charge on any atom is -0.489 e. The van der Waals surface area contributed by atoms with Gasteiger partial charge in [0, 0.05) is 26.1 Å². The fourth-order valence-corrected chi connectivity index (χ4v) is 4.24. The molecule has 0 aromatic heterocycles. The van der Waals surface area contributed by atoms with Crippen LogP contribution >= 0.6 is 11.8 Å². The van der Waals surface area contributed by atoms with Crippen LogP contribution < -0.4 is 4.74 Å². The van der Waals surface area contributed by atoms with E-state index in [0.29, 0.717) is 11.3 Å². The molecular formula is C27H24O4S. The molecule has 4 aromatic rings. The highest BCUT2D eigenvalue weighted by Crippen LogP contribution is 2.38. The van der Waals surface area contributed by atoms with Gasteiger partial charge in [-0.2, -0.15) is 0 Å². The average molecular weight is 445 g/mol. The van der Waals surface area contributed by atoms with E-state index < -0.39 is 12.1 Å². The van der Waals surface area contributed by atoms with Crippen LogP contribution in [-0.2, 0) is 9.53 Å². The van der Waals surface area contributed by atoms with Crippen molar-refractivity contribution in [3.8, 4) is 5.75 Å². The van der Waals surface area contributed by atoms with Gasteiger partial charge >= 0.3 is 5.97 Å². The highest BCUT2D eigenvalue weighted by molar-refractivity contribution is 7.99. The van der Waals surface area contributed by atoms with Gasteiger partial charge < -0.3 is 14.6 Å². The SMILES string of the molecule is C=C(C)C(=O)OCC(O)COc1c2ccccc2cc2ccc(Sc3ccccc3)cc12. The van der Waals surface area contributed by atoms with Gasteiger partial charge in [0.2, 0.25) is 0 Å². The van der Waals surface area contributed by atoms with E-state index >= 15 is 0 Å². The minimum absolute atomic E-state index is 0.00261. The third-order valence-electron chi connectivity index (χ3n) is 4.94. The number of hydrogen-bond acceptors (Lipinski definition) is 5. The molecule has 32 heavy (non-hydrogen) atoms. The first-order chi connectivity index (χ1) is 15.5. The number of benzene rings is 4. The van der Waals surface area contributed by atoms with Gasteiger partial charge in [-0.15, -0.1) is 0 Å². The van der Waals surface area contributed by atoms with Crippen molar-refractivity contribution >= 4 is 39.3 Å². The summed E-state index contributed by atoms with van der Waals surface area (Å²) in [6, 6.07) is 26.6. The minimum atomic E-state index is -0.950. The normalized spacial score (nSPS) is 11.9. The first-order valence-corrected chi connectivity index (χ1v) is 11.1. The van der Waals surface area contributed by atoms with E-state index in [1.165, 1.54) is 0 Å². The van der Waals surface area contributed by atoms with Gasteiger partial charge in [-0.1, -0.05) is 66.9 Å². The Labute approximate surface area is 191 Å². The molecule has 0 aliphatic heterocycles. The summed E-state index contributed by atoms with van der Waals surface area (Å²) >= 11 is 1.68. The molecule has 4 nitrogen and oxygen atoms in total. The Morgan fingerprint density at radius 1 is 0.906 bits per heavy atom. The predicted molar refractivity (Wildman–Crippen MR) is 129 cm³/mol. The van der Waals surface area contributed by atoms with Crippen molar-refractivity contribution in [1.82, 2.24) is 0 Å². The number of carbonyl (C=O) groups excluding carboxylic acids is 1. The number of esters is 1. The van der Waals surface area contributed by atoms with E-state index in [0.717, 1.165) is 31.3 Å². The van der Waals surface area contributed by atoms with Gasteiger partial charge in [0.25, 0.3) is 0 Å². The molecule has 1 unspecified atom stereocenters. The highest BCUT2D eigenvalue weighted by atomic mass is 32.2. The monoisotopic (exact) mass is 444 g/mol. The Bertz CT molecular complexity index is 1270. The van der Waals surface area contributed by atoms with Gasteiger partial charge in [-0.3, -0.25) is 0 Å². The van der Waals surface area contributed by atoms with Gasteiger partial charge in [0.1, 0.15) is 25.1 Å². The molecule has 1 atom stereocenters. The zero-order chi connectivity index (χ0) is 22.5. The zero-order valence-corrected chi connectivity index (χ0v) is 18.6. The van der Waals surface area contributed by atoms with E-state index in [2.05, 4.69) is 43.0 Å². The van der Waals surface area contributed by atoms with Crippen LogP contribution in [0.4, 0.5) is 0 Å². The second kappa shape index (κ2) is 9.90. The second-order valence-corrected chi connectivity index (χ2v) is 8.72. The van der Waals surface area contributed by atoms with Crippen LogP contribution in [-0.4, -0.2) is 30.4 Å². The number of carbonyl (C=O) groups is 1. The van der Waals surface area contributed by atoms with Crippen molar-refractivity contribution in [2.75, 3.05) is 13.2 Å². The van der Waals surface area contributed by atoms with E-state index in [4.69, 9.17) is 9.47 Å². The van der Waals surface area contributed by atoms with Crippen LogP contribution in [0.1, 0.15) is 6.92 Å². The van der Waals surface area contributed by atoms with Crippen LogP contribution in [0.15, 0.2) is 101 Å². The fourth-order valence-electron chi connectivity index (χ4n) is 3.37. The van der Waals surface area contributed by atoms with Crippen LogP contribution in [0.2, 0.25) is 0 Å². The maximum atomic E-state index is 11.6. The van der Waals surface area contributed by atoms with Crippen molar-refractivity contribution in [3.05, 3.63) is 91.0 Å². The molecule has 0 heterocycles. The number of hydrogen-bond donors (Lipinski definition) is 1. The lowest BCUT2D eigenvalue weighted by Crippen LogP contribution is -2.25. The number of rotatable bonds is 8. The molecule has 0 aliphatic carbocycles. The molecule has 0 fully saturated rings. The number of ether oxygens (including phenoxy) is 2. The van der Waals surface area contributed by atoms with Crippen molar-refractivity contribution in [1.29, 1.82) is 0 Å². The summed E-state index contributed by atoms with van der Waals surface area (Å²) < 4.78 is 11.2. The van der Waals surface area contributed by atoms with Crippen molar-refractivity contribution in [2.45, 2.75) is 22.8 Å². The summed E-state index contributed by atoms with van der Waals surface area (Å²) in [7, 11) is 0. The van der Waals surface area contributed by atoms with Crippen LogP contribution in [0, 0.1) is 0 Å². The smallest absolute Gasteiger partial charge is 0.333 e. The second-order valence-electron chi connectivity index (χ2n) is 7.57. The Kier molecular flexibility index (Phi) is 6.78. The number of fused-ring (bicyclic) bond motifs is 2. The van der Waals surface area contributed by atoms with E-state index in [1.54, 1.807) is 18.7 Å². The molecular weight excluding hydrogens is 420 g/mol. The first-order valence-electron chi connectivity index (χ1n) is 10.3. The molecule has 0 aliphatic rings. The number of aliphatic hydroxyl groups is 1. The summed E-state index contributed by atoms with van der Waals surface area (Å²) in [4.78, 5) is 13.8. The quantitative estimate of drug-likeness (QED) is 0.205. The molecule has 4 aromatic carbocycles. The molecule has 0 spiro atoms. The van der Waals surface area contributed by atoms with E-state index in [1.807, 2.05) is 42.5 Å². The van der Waals surface area contributed by atoms with Gasteiger partial charge in [0.05, 0.1) is 0 Å². The Balaban J connectivity index is 1.63. The Morgan fingerprint density at radius 3 is 2.41 bits per heavy atom. The topological polar surface area (TPSA) is 55.8 Å². The molecule has 0 saturated carbocycles. The molecule has 4 rings (SSSR count). The molecule has 0 radical (unpaired) electrons. The highest BCUT2D eigenvalue weighted by Gasteiger charge is 2.14. The van der Waals surface area contributed by atoms with Crippen molar-refractivity contribution < 1.29 is 19.4 Å². The largest absolute Gasteiger partial charge is 0.489 e. The Morgan fingerprint density at radius 2 is 1.62 bits per heavy atom. The summed E-state index contributed by atoms with van der Waals surface area (Å²) in [5.74, 6) is 0.182. The molecule has 0 amide bonds. The lowest BCUT2D eigenvalue weighted by molar-refractivity contribution is -0.142. The summed E-state index contributed by atoms with van der Waals surface area (Å²) in [5.41, 5.74) is 0.293. The number of aliphatic hydroxyl groups excluding tert-OH is 1. The van der Waals surface area contributed by atoms with Gasteiger partial charge in [-0.05, 0) is 48.0 Å². The predicted octanol–water partition coefficient (Wildman–Crippen LogP) is 6.00. The van der Waals surface area contributed by atoms with Crippen molar-refractivity contribution in [3.63, 3.8) is 0 Å². The van der Waals surface area contributed by atoms with Gasteiger partial charge in [0.15, 0.2) is 0 Å². The molecule has 1 N–H and O–H groups in total. The lowest BCUT2D eigenvalue weighted by atomic mass is 10.0. The third kappa shape index (κ3) is 5.13. The zero-order valence-electron chi connectivity index (χ0n) is 17.8. The summed E-state index contributed by atoms with van der Waals surface area (Å²) in [5, 5.41) is 14.3. The fraction of sp³-hybridized carbons (Fsp3) is 0.148. The summed E-state index contributed by atoms with van der Waals surface area (Å²) in [6.07, 6.45) is -0.950. The lowest BCUT2D eigenvalue weighted by Gasteiger charge is -2.17. The molecule has 0 saturated heterocycles.